The van der Waals surface area contributed by atoms with Crippen LogP contribution in [0.15, 0.2) is 36.4 Å². The zero-order valence-electron chi connectivity index (χ0n) is 14.8. The first-order chi connectivity index (χ1) is 12.9. The van der Waals surface area contributed by atoms with Gasteiger partial charge in [-0.05, 0) is 24.3 Å². The summed E-state index contributed by atoms with van der Waals surface area (Å²) in [6.07, 6.45) is -0.00201. The van der Waals surface area contributed by atoms with Crippen LogP contribution in [0.1, 0.15) is 6.42 Å². The van der Waals surface area contributed by atoms with E-state index in [0.717, 1.165) is 12.1 Å². The molecule has 6 nitrogen and oxygen atoms in total. The topological polar surface area (TPSA) is 67.9 Å². The molecule has 1 saturated heterocycles. The maximum Gasteiger partial charge on any atom is 0.229 e. The van der Waals surface area contributed by atoms with Crippen LogP contribution < -0.4 is 19.7 Å². The van der Waals surface area contributed by atoms with Crippen LogP contribution in [0.4, 0.5) is 20.2 Å². The molecule has 0 bridgehead atoms. The second kappa shape index (κ2) is 7.61. The molecule has 1 N–H and O–H groups in total. The van der Waals surface area contributed by atoms with Gasteiger partial charge in [-0.2, -0.15) is 0 Å². The fourth-order valence-corrected chi connectivity index (χ4v) is 3.00. The summed E-state index contributed by atoms with van der Waals surface area (Å²) in [5.41, 5.74) is 0.583. The minimum Gasteiger partial charge on any atom is -0.493 e. The van der Waals surface area contributed by atoms with E-state index in [4.69, 9.17) is 9.47 Å². The Balaban J connectivity index is 1.74. The quantitative estimate of drug-likeness (QED) is 0.871. The predicted molar refractivity (Wildman–Crippen MR) is 95.0 cm³/mol. The van der Waals surface area contributed by atoms with Gasteiger partial charge >= 0.3 is 0 Å². The van der Waals surface area contributed by atoms with Crippen LogP contribution in [0.25, 0.3) is 0 Å². The van der Waals surface area contributed by atoms with Crippen molar-refractivity contribution in [3.05, 3.63) is 48.0 Å². The molecule has 1 heterocycles. The number of halogens is 2. The van der Waals surface area contributed by atoms with E-state index in [0.29, 0.717) is 23.3 Å². The zero-order valence-corrected chi connectivity index (χ0v) is 14.8. The molecule has 1 fully saturated rings. The third kappa shape index (κ3) is 3.99. The molecule has 0 aliphatic carbocycles. The van der Waals surface area contributed by atoms with E-state index in [1.165, 1.54) is 19.1 Å². The summed E-state index contributed by atoms with van der Waals surface area (Å²) < 4.78 is 36.9. The molecule has 2 aromatic carbocycles. The molecule has 1 unspecified atom stereocenters. The number of methoxy groups -OCH3 is 2. The lowest BCUT2D eigenvalue weighted by Crippen LogP contribution is -2.28. The number of carbonyl (C=O) groups is 2. The molecule has 1 aliphatic heterocycles. The largest absolute Gasteiger partial charge is 0.493 e. The first-order valence-electron chi connectivity index (χ1n) is 8.20. The number of nitrogens with zero attached hydrogens (tertiary/aromatic N) is 1. The molecule has 0 spiro atoms. The summed E-state index contributed by atoms with van der Waals surface area (Å²) in [6, 6.07) is 7.77. The number of carbonyl (C=O) groups excluding carboxylic acids is 2. The highest BCUT2D eigenvalue weighted by Gasteiger charge is 2.35. The minimum atomic E-state index is -0.792. The average molecular weight is 376 g/mol. The van der Waals surface area contributed by atoms with Crippen LogP contribution in [0, 0.1) is 17.6 Å². The van der Waals surface area contributed by atoms with Crippen LogP contribution in [0.3, 0.4) is 0 Å². The summed E-state index contributed by atoms with van der Waals surface area (Å²) >= 11 is 0. The standard InChI is InChI=1S/C19H18F2N2O4/c1-26-16-4-3-15(9-17(16)27-2)23-10-11(5-18(23)24)19(25)22-14-7-12(20)6-13(21)8-14/h3-4,6-9,11H,5,10H2,1-2H3,(H,22,25). The van der Waals surface area contributed by atoms with Gasteiger partial charge in [-0.15, -0.1) is 0 Å². The Hall–Kier alpha value is -3.16. The second-order valence-corrected chi connectivity index (χ2v) is 6.09. The van der Waals surface area contributed by atoms with Crippen LogP contribution >= 0.6 is 0 Å². The normalized spacial score (nSPS) is 16.4. The second-order valence-electron chi connectivity index (χ2n) is 6.09. The lowest BCUT2D eigenvalue weighted by Gasteiger charge is -2.18. The highest BCUT2D eigenvalue weighted by molar-refractivity contribution is 6.03. The van der Waals surface area contributed by atoms with Gasteiger partial charge in [0.1, 0.15) is 11.6 Å². The molecule has 0 aromatic heterocycles. The van der Waals surface area contributed by atoms with Crippen molar-refractivity contribution in [2.75, 3.05) is 31.0 Å². The van der Waals surface area contributed by atoms with Crippen LogP contribution in [-0.4, -0.2) is 32.6 Å². The molecule has 3 rings (SSSR count). The fourth-order valence-electron chi connectivity index (χ4n) is 3.00. The van der Waals surface area contributed by atoms with Crippen molar-refractivity contribution in [1.82, 2.24) is 0 Å². The smallest absolute Gasteiger partial charge is 0.229 e. The average Bonchev–Trinajstić information content (AvgIpc) is 3.02. The van der Waals surface area contributed by atoms with Crippen LogP contribution in [-0.2, 0) is 9.59 Å². The maximum absolute atomic E-state index is 13.3. The van der Waals surface area contributed by atoms with Gasteiger partial charge in [0.05, 0.1) is 20.1 Å². The van der Waals surface area contributed by atoms with Gasteiger partial charge in [0, 0.05) is 36.5 Å². The Kier molecular flexibility index (Phi) is 5.25. The van der Waals surface area contributed by atoms with E-state index in [1.807, 2.05) is 0 Å². The van der Waals surface area contributed by atoms with Crippen LogP contribution in [0.2, 0.25) is 0 Å². The molecule has 1 aliphatic rings. The van der Waals surface area contributed by atoms with Gasteiger partial charge in [0.15, 0.2) is 11.5 Å². The van der Waals surface area contributed by atoms with E-state index in [2.05, 4.69) is 5.32 Å². The van der Waals surface area contributed by atoms with Gasteiger partial charge in [0.2, 0.25) is 11.8 Å². The Morgan fingerprint density at radius 1 is 1.07 bits per heavy atom. The summed E-state index contributed by atoms with van der Waals surface area (Å²) in [6.45, 7) is 0.151. The lowest BCUT2D eigenvalue weighted by atomic mass is 10.1. The Morgan fingerprint density at radius 3 is 2.37 bits per heavy atom. The van der Waals surface area contributed by atoms with Crippen molar-refractivity contribution < 1.29 is 27.8 Å². The molecule has 27 heavy (non-hydrogen) atoms. The zero-order chi connectivity index (χ0) is 19.6. The third-order valence-electron chi connectivity index (χ3n) is 4.30. The van der Waals surface area contributed by atoms with Gasteiger partial charge in [-0.25, -0.2) is 8.78 Å². The Morgan fingerprint density at radius 2 is 1.74 bits per heavy atom. The summed E-state index contributed by atoms with van der Waals surface area (Å²) in [4.78, 5) is 26.2. The Labute approximate surface area is 154 Å². The van der Waals surface area contributed by atoms with Gasteiger partial charge in [-0.3, -0.25) is 9.59 Å². The predicted octanol–water partition coefficient (Wildman–Crippen LogP) is 2.97. The van der Waals surface area contributed by atoms with E-state index in [1.54, 1.807) is 18.2 Å². The van der Waals surface area contributed by atoms with Crippen molar-refractivity contribution in [1.29, 1.82) is 0 Å². The minimum absolute atomic E-state index is 0.00201. The van der Waals surface area contributed by atoms with Gasteiger partial charge < -0.3 is 19.7 Å². The highest BCUT2D eigenvalue weighted by atomic mass is 19.1. The number of rotatable bonds is 5. The van der Waals surface area contributed by atoms with Crippen molar-refractivity contribution in [3.63, 3.8) is 0 Å². The summed E-state index contributed by atoms with van der Waals surface area (Å²) in [5, 5.41) is 2.46. The van der Waals surface area contributed by atoms with Gasteiger partial charge in [-0.1, -0.05) is 0 Å². The molecule has 2 aromatic rings. The lowest BCUT2D eigenvalue weighted by molar-refractivity contribution is -0.122. The number of benzene rings is 2. The molecule has 0 saturated carbocycles. The number of hydrogen-bond acceptors (Lipinski definition) is 4. The van der Waals surface area contributed by atoms with E-state index < -0.39 is 23.5 Å². The molecular formula is C19H18F2N2O4. The SMILES string of the molecule is COc1ccc(N2CC(C(=O)Nc3cc(F)cc(F)c3)CC2=O)cc1OC. The molecule has 142 valence electrons. The van der Waals surface area contributed by atoms with E-state index in [9.17, 15) is 18.4 Å². The summed E-state index contributed by atoms with van der Waals surface area (Å²) in [7, 11) is 3.00. The molecule has 0 radical (unpaired) electrons. The number of anilines is 2. The third-order valence-corrected chi connectivity index (χ3v) is 4.30. The Bertz CT molecular complexity index is 868. The first kappa shape index (κ1) is 18.6. The monoisotopic (exact) mass is 376 g/mol. The maximum atomic E-state index is 13.3. The molecule has 8 heteroatoms. The fraction of sp³-hybridized carbons (Fsp3) is 0.263. The van der Waals surface area contributed by atoms with Crippen molar-refractivity contribution in [2.24, 2.45) is 5.92 Å². The van der Waals surface area contributed by atoms with Crippen LogP contribution in [0.5, 0.6) is 11.5 Å². The number of amides is 2. The number of nitrogens with one attached hydrogen (secondary N) is 1. The van der Waals surface area contributed by atoms with E-state index >= 15 is 0 Å². The van der Waals surface area contributed by atoms with E-state index in [-0.39, 0.29) is 24.6 Å². The molecule has 2 amide bonds. The van der Waals surface area contributed by atoms with Crippen molar-refractivity contribution in [2.45, 2.75) is 6.42 Å². The number of hydrogen-bond donors (Lipinski definition) is 1. The molecule has 1 atom stereocenters. The number of ether oxygens (including phenoxy) is 2. The van der Waals surface area contributed by atoms with Crippen molar-refractivity contribution in [3.8, 4) is 11.5 Å². The first-order valence-corrected chi connectivity index (χ1v) is 8.20. The van der Waals surface area contributed by atoms with Gasteiger partial charge in [0.25, 0.3) is 0 Å². The highest BCUT2D eigenvalue weighted by Crippen LogP contribution is 2.34. The molecular weight excluding hydrogens is 358 g/mol. The summed E-state index contributed by atoms with van der Waals surface area (Å²) in [5.74, 6) is -1.94. The van der Waals surface area contributed by atoms with Crippen molar-refractivity contribution >= 4 is 23.2 Å².